The molecule has 4 heteroatoms. The van der Waals surface area contributed by atoms with Crippen LogP contribution in [0.2, 0.25) is 5.02 Å². The Morgan fingerprint density at radius 3 is 3.06 bits per heavy atom. The minimum absolute atomic E-state index is 0.397. The fourth-order valence-electron chi connectivity index (χ4n) is 2.19. The lowest BCUT2D eigenvalue weighted by molar-refractivity contribution is 0.155. The largest absolute Gasteiger partial charge is 0.398 e. The first-order valence-corrected chi connectivity index (χ1v) is 6.01. The van der Waals surface area contributed by atoms with Gasteiger partial charge in [-0.05, 0) is 44.0 Å². The molecule has 2 unspecified atom stereocenters. The molecule has 1 saturated heterocycles. The first-order chi connectivity index (χ1) is 7.66. The van der Waals surface area contributed by atoms with E-state index in [2.05, 4.69) is 5.32 Å². The molecular formula is C12H17ClN2O. The van der Waals surface area contributed by atoms with Gasteiger partial charge in [0.25, 0.3) is 0 Å². The lowest BCUT2D eigenvalue weighted by atomic mass is 10.00. The van der Waals surface area contributed by atoms with Gasteiger partial charge in [-0.3, -0.25) is 0 Å². The molecule has 2 atom stereocenters. The fraction of sp³-hybridized carbons (Fsp3) is 0.500. The number of nitrogen functional groups attached to an aromatic ring is 1. The first kappa shape index (κ1) is 11.7. The van der Waals surface area contributed by atoms with Gasteiger partial charge in [0.05, 0.1) is 6.10 Å². The van der Waals surface area contributed by atoms with E-state index in [0.717, 1.165) is 18.5 Å². The van der Waals surface area contributed by atoms with Gasteiger partial charge in [0.15, 0.2) is 0 Å². The summed E-state index contributed by atoms with van der Waals surface area (Å²) in [4.78, 5) is 0. The van der Waals surface area contributed by atoms with Crippen LogP contribution in [0.15, 0.2) is 18.2 Å². The monoisotopic (exact) mass is 240 g/mol. The molecule has 16 heavy (non-hydrogen) atoms. The van der Waals surface area contributed by atoms with E-state index in [4.69, 9.17) is 17.3 Å². The highest BCUT2D eigenvalue weighted by molar-refractivity contribution is 6.30. The van der Waals surface area contributed by atoms with E-state index in [1.807, 2.05) is 0 Å². The lowest BCUT2D eigenvalue weighted by Crippen LogP contribution is -2.24. The Morgan fingerprint density at radius 1 is 1.56 bits per heavy atom. The molecule has 0 aliphatic carbocycles. The zero-order valence-electron chi connectivity index (χ0n) is 9.12. The minimum Gasteiger partial charge on any atom is -0.398 e. The molecule has 0 saturated carbocycles. The van der Waals surface area contributed by atoms with Crippen molar-refractivity contribution in [2.45, 2.75) is 31.4 Å². The number of hydrogen-bond donors (Lipinski definition) is 3. The summed E-state index contributed by atoms with van der Waals surface area (Å²) < 4.78 is 0. The summed E-state index contributed by atoms with van der Waals surface area (Å²) in [6.07, 6.45) is 2.47. The summed E-state index contributed by atoms with van der Waals surface area (Å²) in [5.74, 6) is 0. The van der Waals surface area contributed by atoms with Crippen molar-refractivity contribution in [2.24, 2.45) is 0 Å². The third kappa shape index (κ3) is 2.67. The summed E-state index contributed by atoms with van der Waals surface area (Å²) in [7, 11) is 0. The molecule has 3 nitrogen and oxygen atoms in total. The van der Waals surface area contributed by atoms with Gasteiger partial charge < -0.3 is 16.2 Å². The quantitative estimate of drug-likeness (QED) is 0.710. The van der Waals surface area contributed by atoms with Crippen molar-refractivity contribution >= 4 is 17.3 Å². The van der Waals surface area contributed by atoms with Gasteiger partial charge in [0.1, 0.15) is 0 Å². The van der Waals surface area contributed by atoms with E-state index >= 15 is 0 Å². The Morgan fingerprint density at radius 2 is 2.38 bits per heavy atom. The Kier molecular flexibility index (Phi) is 3.69. The highest BCUT2D eigenvalue weighted by atomic mass is 35.5. The molecule has 1 aromatic carbocycles. The van der Waals surface area contributed by atoms with Gasteiger partial charge in [0.2, 0.25) is 0 Å². The average molecular weight is 241 g/mol. The van der Waals surface area contributed by atoms with E-state index in [0.29, 0.717) is 23.2 Å². The lowest BCUT2D eigenvalue weighted by Gasteiger charge is -2.17. The van der Waals surface area contributed by atoms with E-state index < -0.39 is 6.10 Å². The Labute approximate surface area is 101 Å². The first-order valence-electron chi connectivity index (χ1n) is 5.63. The molecule has 2 rings (SSSR count). The number of rotatable bonds is 3. The summed E-state index contributed by atoms with van der Waals surface area (Å²) in [6.45, 7) is 1.04. The topological polar surface area (TPSA) is 58.3 Å². The number of aliphatic hydroxyl groups excluding tert-OH is 1. The SMILES string of the molecule is Nc1ccc(Cl)cc1C(O)CC1CCCN1. The second kappa shape index (κ2) is 5.04. The summed E-state index contributed by atoms with van der Waals surface area (Å²) in [5.41, 5.74) is 7.17. The number of anilines is 1. The molecule has 0 radical (unpaired) electrons. The minimum atomic E-state index is -0.533. The number of hydrogen-bond acceptors (Lipinski definition) is 3. The van der Waals surface area contributed by atoms with Gasteiger partial charge in [-0.1, -0.05) is 11.6 Å². The normalized spacial score (nSPS) is 22.2. The number of nitrogens with two attached hydrogens (primary N) is 1. The van der Waals surface area contributed by atoms with Gasteiger partial charge in [0, 0.05) is 22.3 Å². The van der Waals surface area contributed by atoms with Crippen LogP contribution in [-0.4, -0.2) is 17.7 Å². The molecule has 1 fully saturated rings. The number of halogens is 1. The van der Waals surface area contributed by atoms with Crippen LogP contribution in [0, 0.1) is 0 Å². The molecular weight excluding hydrogens is 224 g/mol. The second-order valence-corrected chi connectivity index (χ2v) is 4.75. The molecule has 0 spiro atoms. The molecule has 1 aliphatic rings. The molecule has 0 bridgehead atoms. The van der Waals surface area contributed by atoms with Gasteiger partial charge in [-0.15, -0.1) is 0 Å². The van der Waals surface area contributed by atoms with Crippen LogP contribution >= 0.6 is 11.6 Å². The van der Waals surface area contributed by atoms with Crippen LogP contribution in [-0.2, 0) is 0 Å². The van der Waals surface area contributed by atoms with Crippen LogP contribution in [0.4, 0.5) is 5.69 Å². The molecule has 1 aliphatic heterocycles. The van der Waals surface area contributed by atoms with E-state index in [9.17, 15) is 5.11 Å². The molecule has 88 valence electrons. The van der Waals surface area contributed by atoms with Crippen LogP contribution in [0.3, 0.4) is 0 Å². The molecule has 1 heterocycles. The summed E-state index contributed by atoms with van der Waals surface area (Å²) in [5, 5.41) is 14.1. The van der Waals surface area contributed by atoms with Crippen LogP contribution < -0.4 is 11.1 Å². The van der Waals surface area contributed by atoms with Crippen molar-refractivity contribution in [1.29, 1.82) is 0 Å². The van der Waals surface area contributed by atoms with E-state index in [1.54, 1.807) is 18.2 Å². The highest BCUT2D eigenvalue weighted by Crippen LogP contribution is 2.28. The van der Waals surface area contributed by atoms with Gasteiger partial charge in [-0.25, -0.2) is 0 Å². The predicted octanol–water partition coefficient (Wildman–Crippen LogP) is 2.10. The molecule has 0 aromatic heterocycles. The molecule has 0 amide bonds. The fourth-order valence-corrected chi connectivity index (χ4v) is 2.37. The average Bonchev–Trinajstić information content (AvgIpc) is 2.74. The standard InChI is InChI=1S/C12H17ClN2O/c13-8-3-4-11(14)10(6-8)12(16)7-9-2-1-5-15-9/h3-4,6,9,12,15-16H,1-2,5,7,14H2. The second-order valence-electron chi connectivity index (χ2n) is 4.32. The smallest absolute Gasteiger partial charge is 0.0825 e. The molecule has 1 aromatic rings. The van der Waals surface area contributed by atoms with Crippen molar-refractivity contribution in [1.82, 2.24) is 5.32 Å². The van der Waals surface area contributed by atoms with E-state index in [1.165, 1.54) is 6.42 Å². The Bertz CT molecular complexity index is 364. The van der Waals surface area contributed by atoms with Crippen LogP contribution in [0.1, 0.15) is 30.9 Å². The maximum absolute atomic E-state index is 10.1. The van der Waals surface area contributed by atoms with Crippen molar-refractivity contribution < 1.29 is 5.11 Å². The van der Waals surface area contributed by atoms with Crippen LogP contribution in [0.5, 0.6) is 0 Å². The Balaban J connectivity index is 2.07. The summed E-state index contributed by atoms with van der Waals surface area (Å²) >= 11 is 5.90. The van der Waals surface area contributed by atoms with Crippen LogP contribution in [0.25, 0.3) is 0 Å². The number of benzene rings is 1. The van der Waals surface area contributed by atoms with E-state index in [-0.39, 0.29) is 0 Å². The number of aliphatic hydroxyl groups is 1. The maximum atomic E-state index is 10.1. The van der Waals surface area contributed by atoms with Crippen molar-refractivity contribution in [3.05, 3.63) is 28.8 Å². The van der Waals surface area contributed by atoms with Gasteiger partial charge in [-0.2, -0.15) is 0 Å². The highest BCUT2D eigenvalue weighted by Gasteiger charge is 2.20. The van der Waals surface area contributed by atoms with Crippen molar-refractivity contribution in [3.63, 3.8) is 0 Å². The van der Waals surface area contributed by atoms with Crippen molar-refractivity contribution in [2.75, 3.05) is 12.3 Å². The van der Waals surface area contributed by atoms with Gasteiger partial charge >= 0.3 is 0 Å². The summed E-state index contributed by atoms with van der Waals surface area (Å²) in [6, 6.07) is 5.62. The number of nitrogens with one attached hydrogen (secondary N) is 1. The molecule has 4 N–H and O–H groups in total. The Hall–Kier alpha value is -0.770. The maximum Gasteiger partial charge on any atom is 0.0825 e. The third-order valence-electron chi connectivity index (χ3n) is 3.08. The third-order valence-corrected chi connectivity index (χ3v) is 3.31. The van der Waals surface area contributed by atoms with Crippen molar-refractivity contribution in [3.8, 4) is 0 Å². The predicted molar refractivity (Wildman–Crippen MR) is 66.5 cm³/mol. The zero-order chi connectivity index (χ0) is 11.5. The zero-order valence-corrected chi connectivity index (χ0v) is 9.87.